The number of carbonyl (C=O) groups excluding carboxylic acids is 1. The number of halogens is 1. The van der Waals surface area contributed by atoms with Crippen LogP contribution >= 0.6 is 22.6 Å². The van der Waals surface area contributed by atoms with Crippen LogP contribution in [0.5, 0.6) is 0 Å². The number of hydrogen-bond acceptors (Lipinski definition) is 2. The van der Waals surface area contributed by atoms with Crippen LogP contribution in [0.4, 0.5) is 0 Å². The zero-order valence-corrected chi connectivity index (χ0v) is 10.6. The number of hydrogen-bond donors (Lipinski definition) is 2. The molecule has 0 aliphatic heterocycles. The maximum Gasteiger partial charge on any atom is 0.252 e. The molecule has 1 heterocycles. The summed E-state index contributed by atoms with van der Waals surface area (Å²) in [4.78, 5) is 11.8. The Balaban J connectivity index is 2.01. The molecule has 5 heteroatoms. The lowest BCUT2D eigenvalue weighted by molar-refractivity contribution is 0.0950. The molecule has 0 saturated carbocycles. The van der Waals surface area contributed by atoms with E-state index in [4.69, 9.17) is 0 Å². The van der Waals surface area contributed by atoms with Crippen LogP contribution in [0.1, 0.15) is 15.9 Å². The van der Waals surface area contributed by atoms with E-state index in [-0.39, 0.29) is 5.91 Å². The van der Waals surface area contributed by atoms with Gasteiger partial charge in [0.2, 0.25) is 0 Å². The lowest BCUT2D eigenvalue weighted by atomic mass is 10.2. The van der Waals surface area contributed by atoms with Crippen molar-refractivity contribution in [2.45, 2.75) is 6.54 Å². The van der Waals surface area contributed by atoms with E-state index < -0.39 is 0 Å². The van der Waals surface area contributed by atoms with Gasteiger partial charge in [-0.1, -0.05) is 12.1 Å². The third-order valence-electron chi connectivity index (χ3n) is 2.13. The smallest absolute Gasteiger partial charge is 0.252 e. The van der Waals surface area contributed by atoms with Gasteiger partial charge in [0.25, 0.3) is 5.91 Å². The minimum Gasteiger partial charge on any atom is -0.348 e. The Bertz CT molecular complexity index is 482. The first-order valence-electron chi connectivity index (χ1n) is 4.78. The van der Waals surface area contributed by atoms with E-state index >= 15 is 0 Å². The Morgan fingerprint density at radius 2 is 2.25 bits per heavy atom. The lowest BCUT2D eigenvalue weighted by Gasteiger charge is -2.05. The van der Waals surface area contributed by atoms with Crippen molar-refractivity contribution in [1.82, 2.24) is 15.5 Å². The third-order valence-corrected chi connectivity index (χ3v) is 3.07. The second-order valence-corrected chi connectivity index (χ2v) is 4.43. The molecule has 0 fully saturated rings. The summed E-state index contributed by atoms with van der Waals surface area (Å²) in [6.45, 7) is 0.486. The van der Waals surface area contributed by atoms with Crippen LogP contribution in [-0.4, -0.2) is 16.1 Å². The molecule has 2 N–H and O–H groups in total. The molecule has 0 spiro atoms. The van der Waals surface area contributed by atoms with Gasteiger partial charge in [-0.15, -0.1) is 0 Å². The summed E-state index contributed by atoms with van der Waals surface area (Å²) in [5.74, 6) is -0.0637. The summed E-state index contributed by atoms with van der Waals surface area (Å²) >= 11 is 2.15. The van der Waals surface area contributed by atoms with E-state index in [1.165, 1.54) is 0 Å². The summed E-state index contributed by atoms with van der Waals surface area (Å²) < 4.78 is 0.949. The molecule has 2 rings (SSSR count). The number of nitrogens with zero attached hydrogens (tertiary/aromatic N) is 1. The molecule has 2 aromatic rings. The van der Waals surface area contributed by atoms with Gasteiger partial charge in [0.15, 0.2) is 0 Å². The van der Waals surface area contributed by atoms with Crippen LogP contribution in [0, 0.1) is 3.57 Å². The first-order chi connectivity index (χ1) is 7.77. The van der Waals surface area contributed by atoms with Gasteiger partial charge in [0, 0.05) is 21.9 Å². The highest BCUT2D eigenvalue weighted by atomic mass is 127. The molecule has 0 aliphatic rings. The van der Waals surface area contributed by atoms with Crippen molar-refractivity contribution >= 4 is 28.5 Å². The molecule has 0 radical (unpaired) electrons. The molecule has 16 heavy (non-hydrogen) atoms. The summed E-state index contributed by atoms with van der Waals surface area (Å²) in [6, 6.07) is 7.49. The lowest BCUT2D eigenvalue weighted by Crippen LogP contribution is -2.23. The Morgan fingerprint density at radius 1 is 1.44 bits per heavy atom. The second-order valence-electron chi connectivity index (χ2n) is 3.27. The SMILES string of the molecule is O=C(NCc1cn[nH]c1)c1ccccc1I. The van der Waals surface area contributed by atoms with Crippen molar-refractivity contribution < 1.29 is 4.79 Å². The topological polar surface area (TPSA) is 57.8 Å². The zero-order valence-electron chi connectivity index (χ0n) is 8.40. The minimum atomic E-state index is -0.0637. The van der Waals surface area contributed by atoms with Crippen LogP contribution in [0.3, 0.4) is 0 Å². The summed E-state index contributed by atoms with van der Waals surface area (Å²) in [5.41, 5.74) is 1.66. The Morgan fingerprint density at radius 3 is 2.94 bits per heavy atom. The van der Waals surface area contributed by atoms with Crippen LogP contribution in [0.15, 0.2) is 36.7 Å². The van der Waals surface area contributed by atoms with Crippen LogP contribution in [0.2, 0.25) is 0 Å². The summed E-state index contributed by atoms with van der Waals surface area (Å²) in [6.07, 6.45) is 3.45. The highest BCUT2D eigenvalue weighted by Crippen LogP contribution is 2.11. The highest BCUT2D eigenvalue weighted by Gasteiger charge is 2.08. The number of H-pyrrole nitrogens is 1. The first kappa shape index (κ1) is 11.1. The standard InChI is InChI=1S/C11H10IN3O/c12-10-4-2-1-3-9(10)11(16)13-5-8-6-14-15-7-8/h1-4,6-7H,5H2,(H,13,16)(H,14,15). The van der Waals surface area contributed by atoms with E-state index in [1.807, 2.05) is 24.3 Å². The molecule has 82 valence electrons. The number of rotatable bonds is 3. The van der Waals surface area contributed by atoms with Crippen molar-refractivity contribution in [1.29, 1.82) is 0 Å². The Labute approximate surface area is 107 Å². The van der Waals surface area contributed by atoms with Crippen molar-refractivity contribution in [2.24, 2.45) is 0 Å². The van der Waals surface area contributed by atoms with Crippen LogP contribution in [0.25, 0.3) is 0 Å². The number of carbonyl (C=O) groups is 1. The molecule has 1 aromatic heterocycles. The molecular formula is C11H10IN3O. The van der Waals surface area contributed by atoms with Crippen molar-refractivity contribution in [3.63, 3.8) is 0 Å². The molecule has 0 unspecified atom stereocenters. The van der Waals surface area contributed by atoms with Gasteiger partial charge in [-0.2, -0.15) is 5.10 Å². The van der Waals surface area contributed by atoms with E-state index in [1.54, 1.807) is 12.4 Å². The number of nitrogens with one attached hydrogen (secondary N) is 2. The average molecular weight is 327 g/mol. The normalized spacial score (nSPS) is 10.1. The predicted molar refractivity (Wildman–Crippen MR) is 68.9 cm³/mol. The van der Waals surface area contributed by atoms with Crippen molar-refractivity contribution in [3.05, 3.63) is 51.4 Å². The van der Waals surface area contributed by atoms with Crippen LogP contribution < -0.4 is 5.32 Å². The number of aromatic amines is 1. The fourth-order valence-electron chi connectivity index (χ4n) is 1.30. The fourth-order valence-corrected chi connectivity index (χ4v) is 1.93. The fraction of sp³-hybridized carbons (Fsp3) is 0.0909. The largest absolute Gasteiger partial charge is 0.348 e. The molecule has 0 bridgehead atoms. The molecular weight excluding hydrogens is 317 g/mol. The summed E-state index contributed by atoms with van der Waals surface area (Å²) in [5, 5.41) is 9.35. The van der Waals surface area contributed by atoms with Gasteiger partial charge < -0.3 is 5.32 Å². The number of benzene rings is 1. The van der Waals surface area contributed by atoms with E-state index in [2.05, 4.69) is 38.1 Å². The van der Waals surface area contributed by atoms with Gasteiger partial charge >= 0.3 is 0 Å². The van der Waals surface area contributed by atoms with Gasteiger partial charge in [-0.25, -0.2) is 0 Å². The maximum absolute atomic E-state index is 11.8. The first-order valence-corrected chi connectivity index (χ1v) is 5.85. The molecule has 0 saturated heterocycles. The maximum atomic E-state index is 11.8. The molecule has 4 nitrogen and oxygen atoms in total. The quantitative estimate of drug-likeness (QED) is 0.847. The molecule has 0 atom stereocenters. The molecule has 0 aliphatic carbocycles. The minimum absolute atomic E-state index is 0.0637. The monoisotopic (exact) mass is 327 g/mol. The van der Waals surface area contributed by atoms with Crippen molar-refractivity contribution in [2.75, 3.05) is 0 Å². The van der Waals surface area contributed by atoms with E-state index in [0.29, 0.717) is 12.1 Å². The van der Waals surface area contributed by atoms with Gasteiger partial charge in [-0.05, 0) is 34.7 Å². The molecule has 1 amide bonds. The van der Waals surface area contributed by atoms with Gasteiger partial charge in [-0.3, -0.25) is 9.89 Å². The van der Waals surface area contributed by atoms with Crippen LogP contribution in [-0.2, 0) is 6.54 Å². The number of aromatic nitrogens is 2. The Hall–Kier alpha value is -1.37. The Kier molecular flexibility index (Phi) is 3.55. The van der Waals surface area contributed by atoms with Crippen molar-refractivity contribution in [3.8, 4) is 0 Å². The average Bonchev–Trinajstić information content (AvgIpc) is 2.79. The predicted octanol–water partition coefficient (Wildman–Crippen LogP) is 1.94. The molecule has 1 aromatic carbocycles. The second kappa shape index (κ2) is 5.11. The van der Waals surface area contributed by atoms with Gasteiger partial charge in [0.05, 0.1) is 11.8 Å². The zero-order chi connectivity index (χ0) is 11.4. The van der Waals surface area contributed by atoms with E-state index in [9.17, 15) is 4.79 Å². The van der Waals surface area contributed by atoms with Gasteiger partial charge in [0.1, 0.15) is 0 Å². The third kappa shape index (κ3) is 2.60. The highest BCUT2D eigenvalue weighted by molar-refractivity contribution is 14.1. The summed E-state index contributed by atoms with van der Waals surface area (Å²) in [7, 11) is 0. The number of amides is 1. The van der Waals surface area contributed by atoms with E-state index in [0.717, 1.165) is 9.13 Å².